The van der Waals surface area contributed by atoms with E-state index in [1.807, 2.05) is 23.8 Å². The second kappa shape index (κ2) is 7.33. The van der Waals surface area contributed by atoms with Crippen LogP contribution < -0.4 is 10.6 Å². The summed E-state index contributed by atoms with van der Waals surface area (Å²) < 4.78 is 14.3. The molecule has 31 heavy (non-hydrogen) atoms. The molecule has 0 radical (unpaired) electrons. The third-order valence-corrected chi connectivity index (χ3v) is 7.67. The van der Waals surface area contributed by atoms with Gasteiger partial charge in [0.2, 0.25) is 11.8 Å². The number of piperidine rings is 1. The molecule has 158 valence electrons. The average Bonchev–Trinajstić information content (AvgIpc) is 3.34. The zero-order valence-corrected chi connectivity index (χ0v) is 18.6. The normalized spacial score (nSPS) is 27.2. The van der Waals surface area contributed by atoms with Crippen molar-refractivity contribution in [2.75, 3.05) is 5.32 Å². The number of fused-ring (bicyclic) bond motifs is 2. The number of anilines is 1. The molecule has 1 fully saturated rings. The van der Waals surface area contributed by atoms with Gasteiger partial charge in [-0.25, -0.2) is 4.39 Å². The van der Waals surface area contributed by atoms with Crippen LogP contribution in [0.25, 0.3) is 0 Å². The lowest BCUT2D eigenvalue weighted by Crippen LogP contribution is -2.61. The van der Waals surface area contributed by atoms with Crippen molar-refractivity contribution in [1.29, 1.82) is 0 Å². The molecule has 2 N–H and O–H groups in total. The maximum absolute atomic E-state index is 14.3. The predicted octanol–water partition coefficient (Wildman–Crippen LogP) is 5.30. The summed E-state index contributed by atoms with van der Waals surface area (Å²) in [7, 11) is 0. The molecule has 4 nitrogen and oxygen atoms in total. The molecule has 1 saturated heterocycles. The molecule has 2 aromatic carbocycles. The summed E-state index contributed by atoms with van der Waals surface area (Å²) in [6.07, 6.45) is 0. The van der Waals surface area contributed by atoms with Gasteiger partial charge in [-0.3, -0.25) is 9.59 Å². The summed E-state index contributed by atoms with van der Waals surface area (Å²) in [5.74, 6) is -1.81. The fourth-order valence-electron chi connectivity index (χ4n) is 4.95. The van der Waals surface area contributed by atoms with Crippen molar-refractivity contribution >= 4 is 52.0 Å². The first-order chi connectivity index (χ1) is 14.8. The Morgan fingerprint density at radius 1 is 1.13 bits per heavy atom. The average molecular weight is 475 g/mol. The van der Waals surface area contributed by atoms with E-state index in [0.29, 0.717) is 21.8 Å². The second-order valence-corrected chi connectivity index (χ2v) is 9.58. The Bertz CT molecular complexity index is 1220. The first kappa shape index (κ1) is 20.5. The Hall–Kier alpha value is -2.41. The second-order valence-electron chi connectivity index (χ2n) is 7.89. The van der Waals surface area contributed by atoms with E-state index in [-0.39, 0.29) is 5.91 Å². The molecular formula is C23H17Cl2FN2O2S. The van der Waals surface area contributed by atoms with Crippen LogP contribution in [0.1, 0.15) is 34.2 Å². The van der Waals surface area contributed by atoms with Gasteiger partial charge in [-0.2, -0.15) is 11.3 Å². The van der Waals surface area contributed by atoms with Crippen molar-refractivity contribution in [1.82, 2.24) is 5.32 Å². The highest BCUT2D eigenvalue weighted by molar-refractivity contribution is 7.08. The summed E-state index contributed by atoms with van der Waals surface area (Å²) in [5.41, 5.74) is 2.06. The minimum Gasteiger partial charge on any atom is -0.347 e. The van der Waals surface area contributed by atoms with E-state index in [0.717, 1.165) is 11.1 Å². The number of nitrogens with one attached hydrogen (secondary N) is 2. The standard InChI is InChI=1S/C23H17Cl2FN2O2S/c1-11-2-4-14(26)9-15(11)20-23(16-5-3-13(24)8-17(16)27-22(23)30)18(12-6-7-31-10-12)19(25)21(29)28-20/h2-10,18-20H,1H3,(H,27,30)(H,28,29)/t18-,19-,20+,23-/m0/s1. The van der Waals surface area contributed by atoms with Gasteiger partial charge in [0.25, 0.3) is 0 Å². The van der Waals surface area contributed by atoms with Gasteiger partial charge in [-0.15, -0.1) is 11.6 Å². The zero-order valence-electron chi connectivity index (χ0n) is 16.3. The number of carbonyl (C=O) groups excluding carboxylic acids is 2. The largest absolute Gasteiger partial charge is 0.347 e. The number of amides is 2. The summed E-state index contributed by atoms with van der Waals surface area (Å²) in [6.45, 7) is 1.83. The number of hydrogen-bond donors (Lipinski definition) is 2. The number of benzene rings is 2. The monoisotopic (exact) mass is 474 g/mol. The summed E-state index contributed by atoms with van der Waals surface area (Å²) in [5, 5.41) is 9.14. The number of halogens is 3. The summed E-state index contributed by atoms with van der Waals surface area (Å²) in [4.78, 5) is 26.8. The van der Waals surface area contributed by atoms with E-state index in [1.54, 1.807) is 24.3 Å². The Morgan fingerprint density at radius 2 is 1.94 bits per heavy atom. The molecule has 0 unspecified atom stereocenters. The number of carbonyl (C=O) groups is 2. The van der Waals surface area contributed by atoms with Gasteiger partial charge in [0, 0.05) is 16.6 Å². The quantitative estimate of drug-likeness (QED) is 0.495. The minimum absolute atomic E-state index is 0.305. The first-order valence-electron chi connectivity index (χ1n) is 9.68. The molecular weight excluding hydrogens is 458 g/mol. The molecule has 2 aliphatic rings. The zero-order chi connectivity index (χ0) is 21.9. The Labute approximate surface area is 192 Å². The molecule has 5 rings (SSSR count). The molecule has 0 aliphatic carbocycles. The summed E-state index contributed by atoms with van der Waals surface area (Å²) >= 11 is 14.3. The van der Waals surface area contributed by atoms with Crippen LogP contribution in [0.3, 0.4) is 0 Å². The van der Waals surface area contributed by atoms with Crippen molar-refractivity contribution in [2.24, 2.45) is 0 Å². The van der Waals surface area contributed by atoms with E-state index < -0.39 is 34.5 Å². The Morgan fingerprint density at radius 3 is 2.68 bits per heavy atom. The van der Waals surface area contributed by atoms with Crippen LogP contribution in [0.5, 0.6) is 0 Å². The highest BCUT2D eigenvalue weighted by Crippen LogP contribution is 2.58. The van der Waals surface area contributed by atoms with E-state index in [4.69, 9.17) is 23.2 Å². The van der Waals surface area contributed by atoms with Crippen molar-refractivity contribution in [3.8, 4) is 0 Å². The fraction of sp³-hybridized carbons (Fsp3) is 0.217. The van der Waals surface area contributed by atoms with Crippen LogP contribution in [-0.4, -0.2) is 17.2 Å². The van der Waals surface area contributed by atoms with E-state index in [9.17, 15) is 14.0 Å². The smallest absolute Gasteiger partial charge is 0.239 e. The van der Waals surface area contributed by atoms with Crippen molar-refractivity contribution in [3.63, 3.8) is 0 Å². The molecule has 8 heteroatoms. The Balaban J connectivity index is 1.86. The van der Waals surface area contributed by atoms with Gasteiger partial charge >= 0.3 is 0 Å². The van der Waals surface area contributed by atoms with Gasteiger partial charge in [0.15, 0.2) is 0 Å². The minimum atomic E-state index is -1.28. The highest BCUT2D eigenvalue weighted by Gasteiger charge is 2.64. The van der Waals surface area contributed by atoms with Crippen LogP contribution in [0, 0.1) is 12.7 Å². The van der Waals surface area contributed by atoms with E-state index >= 15 is 0 Å². The van der Waals surface area contributed by atoms with Gasteiger partial charge in [-0.1, -0.05) is 23.7 Å². The number of rotatable bonds is 2. The number of hydrogen-bond acceptors (Lipinski definition) is 3. The maximum Gasteiger partial charge on any atom is 0.239 e. The van der Waals surface area contributed by atoms with Crippen molar-refractivity contribution < 1.29 is 14.0 Å². The molecule has 2 amide bonds. The fourth-order valence-corrected chi connectivity index (χ4v) is 6.23. The first-order valence-corrected chi connectivity index (χ1v) is 11.4. The van der Waals surface area contributed by atoms with Gasteiger partial charge in [0.1, 0.15) is 16.6 Å². The van der Waals surface area contributed by atoms with Gasteiger partial charge in [0.05, 0.1) is 6.04 Å². The predicted molar refractivity (Wildman–Crippen MR) is 120 cm³/mol. The third kappa shape index (κ3) is 2.93. The maximum atomic E-state index is 14.3. The van der Waals surface area contributed by atoms with Crippen LogP contribution >= 0.6 is 34.5 Å². The summed E-state index contributed by atoms with van der Waals surface area (Å²) in [6, 6.07) is 10.6. The number of thiophene rings is 1. The van der Waals surface area contributed by atoms with Crippen LogP contribution in [0.15, 0.2) is 53.2 Å². The third-order valence-electron chi connectivity index (χ3n) is 6.28. The highest BCUT2D eigenvalue weighted by atomic mass is 35.5. The lowest BCUT2D eigenvalue weighted by molar-refractivity contribution is -0.131. The Kier molecular flexibility index (Phi) is 4.84. The van der Waals surface area contributed by atoms with Crippen LogP contribution in [-0.2, 0) is 15.0 Å². The van der Waals surface area contributed by atoms with Crippen molar-refractivity contribution in [3.05, 3.63) is 86.3 Å². The SMILES string of the molecule is Cc1ccc(F)cc1[C@H]1NC(=O)[C@@H](Cl)[C@H](c2ccsc2)[C@]12C(=O)Nc1cc(Cl)ccc12. The molecule has 0 saturated carbocycles. The number of alkyl halides is 1. The lowest BCUT2D eigenvalue weighted by Gasteiger charge is -2.48. The van der Waals surface area contributed by atoms with Crippen LogP contribution in [0.2, 0.25) is 5.02 Å². The van der Waals surface area contributed by atoms with E-state index in [1.165, 1.54) is 23.5 Å². The van der Waals surface area contributed by atoms with E-state index in [2.05, 4.69) is 10.6 Å². The molecule has 4 atom stereocenters. The van der Waals surface area contributed by atoms with Gasteiger partial charge in [-0.05, 0) is 70.3 Å². The number of aryl methyl sites for hydroxylation is 1. The molecule has 0 bridgehead atoms. The van der Waals surface area contributed by atoms with Crippen molar-refractivity contribution in [2.45, 2.75) is 29.7 Å². The lowest BCUT2D eigenvalue weighted by atomic mass is 9.59. The van der Waals surface area contributed by atoms with Gasteiger partial charge < -0.3 is 10.6 Å². The molecule has 1 spiro atoms. The van der Waals surface area contributed by atoms with Crippen LogP contribution in [0.4, 0.5) is 10.1 Å². The topological polar surface area (TPSA) is 58.2 Å². The molecule has 3 heterocycles. The molecule has 2 aliphatic heterocycles. The molecule has 1 aromatic heterocycles. The molecule has 3 aromatic rings.